The third-order valence-electron chi connectivity index (χ3n) is 4.79. The van der Waals surface area contributed by atoms with Gasteiger partial charge >= 0.3 is 0 Å². The van der Waals surface area contributed by atoms with Crippen LogP contribution < -0.4 is 5.32 Å². The van der Waals surface area contributed by atoms with Crippen LogP contribution in [0.3, 0.4) is 0 Å². The minimum atomic E-state index is 0.0501. The molecule has 1 aromatic carbocycles. The molecule has 0 unspecified atom stereocenters. The van der Waals surface area contributed by atoms with Gasteiger partial charge < -0.3 is 5.32 Å². The van der Waals surface area contributed by atoms with E-state index in [0.717, 1.165) is 25.4 Å². The number of nitrogens with one attached hydrogen (secondary N) is 1. The zero-order valence-corrected chi connectivity index (χ0v) is 13.5. The van der Waals surface area contributed by atoms with E-state index in [9.17, 15) is 0 Å². The number of hydrogen-bond acceptors (Lipinski definition) is 2. The smallest absolute Gasteiger partial charge is 0.0596 e. The Kier molecular flexibility index (Phi) is 4.44. The third-order valence-corrected chi connectivity index (χ3v) is 4.79. The van der Waals surface area contributed by atoms with E-state index in [1.807, 2.05) is 0 Å². The largest absolute Gasteiger partial charge is 0.314 e. The van der Waals surface area contributed by atoms with Gasteiger partial charge in [-0.1, -0.05) is 43.5 Å². The Labute approximate surface area is 129 Å². The Hall–Kier alpha value is -1.15. The summed E-state index contributed by atoms with van der Waals surface area (Å²) in [5, 5.41) is 3.75. The van der Waals surface area contributed by atoms with Crippen molar-refractivity contribution >= 4 is 5.71 Å². The molecule has 1 aromatic rings. The molecule has 1 aliphatic carbocycles. The lowest BCUT2D eigenvalue weighted by atomic mass is 9.86. The first-order chi connectivity index (χ1) is 10.1. The molecule has 0 bridgehead atoms. The highest BCUT2D eigenvalue weighted by Gasteiger charge is 2.26. The van der Waals surface area contributed by atoms with Crippen LogP contribution in [0.5, 0.6) is 0 Å². The highest BCUT2D eigenvalue weighted by Crippen LogP contribution is 2.27. The maximum absolute atomic E-state index is 5.01. The molecule has 2 aliphatic rings. The van der Waals surface area contributed by atoms with E-state index < -0.39 is 0 Å². The number of fused-ring (bicyclic) bond motifs is 1. The van der Waals surface area contributed by atoms with Crippen LogP contribution in [0.2, 0.25) is 0 Å². The van der Waals surface area contributed by atoms with Crippen molar-refractivity contribution in [1.82, 2.24) is 5.32 Å². The second-order valence-corrected chi connectivity index (χ2v) is 7.24. The molecule has 1 fully saturated rings. The molecule has 0 radical (unpaired) electrons. The molecule has 0 atom stereocenters. The Morgan fingerprint density at radius 3 is 2.71 bits per heavy atom. The summed E-state index contributed by atoms with van der Waals surface area (Å²) in [6.07, 6.45) is 9.04. The predicted molar refractivity (Wildman–Crippen MR) is 90.3 cm³/mol. The van der Waals surface area contributed by atoms with E-state index >= 15 is 0 Å². The maximum Gasteiger partial charge on any atom is 0.0596 e. The third kappa shape index (κ3) is 3.74. The number of aliphatic imine (C=N–C) groups is 1. The number of benzene rings is 1. The van der Waals surface area contributed by atoms with Crippen molar-refractivity contribution in [3.63, 3.8) is 0 Å². The number of nitrogens with zero attached hydrogens (tertiary/aromatic N) is 1. The summed E-state index contributed by atoms with van der Waals surface area (Å²) in [4.78, 5) is 5.01. The van der Waals surface area contributed by atoms with Gasteiger partial charge in [0.15, 0.2) is 0 Å². The van der Waals surface area contributed by atoms with Gasteiger partial charge in [-0.2, -0.15) is 0 Å². The molecule has 1 heterocycles. The normalized spacial score (nSPS) is 21.7. The van der Waals surface area contributed by atoms with Crippen molar-refractivity contribution in [2.45, 2.75) is 70.4 Å². The fourth-order valence-electron chi connectivity index (χ4n) is 3.78. The topological polar surface area (TPSA) is 24.4 Å². The van der Waals surface area contributed by atoms with Crippen LogP contribution >= 0.6 is 0 Å². The minimum Gasteiger partial charge on any atom is -0.314 e. The van der Waals surface area contributed by atoms with Crippen LogP contribution in [0, 0.1) is 0 Å². The van der Waals surface area contributed by atoms with Crippen LogP contribution in [0.4, 0.5) is 0 Å². The van der Waals surface area contributed by atoms with E-state index in [-0.39, 0.29) is 5.54 Å². The van der Waals surface area contributed by atoms with Crippen LogP contribution in [0.1, 0.15) is 63.5 Å². The Balaban J connectivity index is 1.64. The lowest BCUT2D eigenvalue weighted by Crippen LogP contribution is -2.34. The molecule has 2 heteroatoms. The Bertz CT molecular complexity index is 510. The Morgan fingerprint density at radius 2 is 1.90 bits per heavy atom. The summed E-state index contributed by atoms with van der Waals surface area (Å²) < 4.78 is 0. The summed E-state index contributed by atoms with van der Waals surface area (Å²) in [5.41, 5.74) is 4.19. The molecular formula is C19H28N2. The molecule has 0 saturated heterocycles. The lowest BCUT2D eigenvalue weighted by molar-refractivity contribution is 0.377. The van der Waals surface area contributed by atoms with Crippen LogP contribution in [0.15, 0.2) is 29.3 Å². The van der Waals surface area contributed by atoms with Gasteiger partial charge in [0.1, 0.15) is 0 Å². The average molecular weight is 284 g/mol. The molecule has 0 aromatic heterocycles. The van der Waals surface area contributed by atoms with Crippen molar-refractivity contribution in [2.75, 3.05) is 6.54 Å². The van der Waals surface area contributed by atoms with E-state index in [4.69, 9.17) is 4.99 Å². The van der Waals surface area contributed by atoms with Gasteiger partial charge in [0.25, 0.3) is 0 Å². The number of rotatable bonds is 4. The molecule has 0 spiro atoms. The monoisotopic (exact) mass is 284 g/mol. The van der Waals surface area contributed by atoms with Gasteiger partial charge in [0.2, 0.25) is 0 Å². The van der Waals surface area contributed by atoms with Crippen LogP contribution in [0.25, 0.3) is 0 Å². The molecule has 2 nitrogen and oxygen atoms in total. The van der Waals surface area contributed by atoms with Gasteiger partial charge in [0.05, 0.1) is 5.54 Å². The van der Waals surface area contributed by atoms with Crippen molar-refractivity contribution in [2.24, 2.45) is 4.99 Å². The van der Waals surface area contributed by atoms with Crippen molar-refractivity contribution in [1.29, 1.82) is 0 Å². The molecule has 0 amide bonds. The molecule has 1 saturated carbocycles. The lowest BCUT2D eigenvalue weighted by Gasteiger charge is -2.29. The van der Waals surface area contributed by atoms with Crippen molar-refractivity contribution in [3.8, 4) is 0 Å². The second kappa shape index (κ2) is 6.31. The summed E-state index contributed by atoms with van der Waals surface area (Å²) in [6, 6.07) is 9.54. The summed E-state index contributed by atoms with van der Waals surface area (Å²) in [5.74, 6) is 0. The minimum absolute atomic E-state index is 0.0501. The second-order valence-electron chi connectivity index (χ2n) is 7.24. The zero-order valence-electron chi connectivity index (χ0n) is 13.5. The van der Waals surface area contributed by atoms with Crippen LogP contribution in [-0.2, 0) is 6.42 Å². The molecule has 114 valence electrons. The van der Waals surface area contributed by atoms with E-state index in [1.54, 1.807) is 0 Å². The van der Waals surface area contributed by atoms with Crippen LogP contribution in [-0.4, -0.2) is 23.8 Å². The van der Waals surface area contributed by atoms with Gasteiger partial charge in [-0.05, 0) is 44.2 Å². The molecule has 21 heavy (non-hydrogen) atoms. The van der Waals surface area contributed by atoms with E-state index in [1.165, 1.54) is 48.9 Å². The summed E-state index contributed by atoms with van der Waals surface area (Å²) >= 11 is 0. The van der Waals surface area contributed by atoms with Gasteiger partial charge in [-0.15, -0.1) is 0 Å². The zero-order chi connectivity index (χ0) is 14.7. The molecule has 1 N–H and O–H groups in total. The first-order valence-corrected chi connectivity index (χ1v) is 8.54. The highest BCUT2D eigenvalue weighted by molar-refractivity contribution is 6.03. The van der Waals surface area contributed by atoms with E-state index in [2.05, 4.69) is 43.4 Å². The summed E-state index contributed by atoms with van der Waals surface area (Å²) in [6.45, 7) is 5.56. The fraction of sp³-hybridized carbons (Fsp3) is 0.632. The molecule has 1 aliphatic heterocycles. The molecular weight excluding hydrogens is 256 g/mol. The first kappa shape index (κ1) is 14.8. The quantitative estimate of drug-likeness (QED) is 0.883. The number of hydrogen-bond donors (Lipinski definition) is 1. The van der Waals surface area contributed by atoms with Crippen molar-refractivity contribution in [3.05, 3.63) is 35.4 Å². The van der Waals surface area contributed by atoms with E-state index in [0.29, 0.717) is 0 Å². The van der Waals surface area contributed by atoms with Crippen molar-refractivity contribution < 1.29 is 0 Å². The van der Waals surface area contributed by atoms with Gasteiger partial charge in [-0.3, -0.25) is 4.99 Å². The highest BCUT2D eigenvalue weighted by atomic mass is 14.9. The maximum atomic E-state index is 5.01. The van der Waals surface area contributed by atoms with Gasteiger partial charge in [0, 0.05) is 24.7 Å². The predicted octanol–water partition coefficient (Wildman–Crippen LogP) is 4.12. The molecule has 3 rings (SSSR count). The standard InChI is InChI=1S/C19H28N2/c1-19(2)14-15-8-6-7-11-17(15)18(21-19)12-13-20-16-9-4-3-5-10-16/h6-8,11,16,20H,3-5,9-10,12-14H2,1-2H3. The summed E-state index contributed by atoms with van der Waals surface area (Å²) in [7, 11) is 0. The first-order valence-electron chi connectivity index (χ1n) is 8.54. The fourth-order valence-corrected chi connectivity index (χ4v) is 3.78. The SMILES string of the molecule is CC1(C)Cc2ccccc2C(CCNC2CCCCC2)=N1. The van der Waals surface area contributed by atoms with Gasteiger partial charge in [-0.25, -0.2) is 0 Å². The average Bonchev–Trinajstić information content (AvgIpc) is 2.47. The Morgan fingerprint density at radius 1 is 1.14 bits per heavy atom.